The van der Waals surface area contributed by atoms with Gasteiger partial charge in [-0.05, 0) is 20.3 Å². The van der Waals surface area contributed by atoms with Crippen molar-refractivity contribution < 1.29 is 18.3 Å². The summed E-state index contributed by atoms with van der Waals surface area (Å²) >= 11 is 2.89. The molecule has 0 spiro atoms. The number of hydrogen-bond donors (Lipinski definition) is 2. The summed E-state index contributed by atoms with van der Waals surface area (Å²) in [5.41, 5.74) is 5.62. The van der Waals surface area contributed by atoms with Gasteiger partial charge in [-0.2, -0.15) is 13.9 Å². The molecule has 0 radical (unpaired) electrons. The zero-order valence-electron chi connectivity index (χ0n) is 15.8. The first kappa shape index (κ1) is 20.2. The van der Waals surface area contributed by atoms with Crippen molar-refractivity contribution in [2.45, 2.75) is 38.5 Å². The number of carbonyl (C=O) groups is 1. The van der Waals surface area contributed by atoms with Gasteiger partial charge in [0, 0.05) is 28.8 Å². The van der Waals surface area contributed by atoms with Gasteiger partial charge in [0.05, 0.1) is 12.7 Å². The van der Waals surface area contributed by atoms with Gasteiger partial charge < -0.3 is 15.8 Å². The van der Waals surface area contributed by atoms with E-state index in [-0.39, 0.29) is 17.7 Å². The SMILES string of the molecule is Cc1cn(C(F)F)nc1C(=O)Nc1csc(C23CO[C@@H](C)C[C@H]2CSC(N)=N3)n1. The van der Waals surface area contributed by atoms with Crippen LogP contribution in [-0.2, 0) is 10.3 Å². The lowest BCUT2D eigenvalue weighted by atomic mass is 9.80. The van der Waals surface area contributed by atoms with E-state index in [1.54, 1.807) is 12.3 Å². The van der Waals surface area contributed by atoms with Crippen LogP contribution in [0.1, 0.15) is 41.0 Å². The maximum absolute atomic E-state index is 12.8. The molecule has 0 bridgehead atoms. The van der Waals surface area contributed by atoms with Crippen LogP contribution in [-0.4, -0.2) is 44.3 Å². The number of ether oxygens (including phenoxy) is 1. The Morgan fingerprint density at radius 1 is 1.52 bits per heavy atom. The van der Waals surface area contributed by atoms with Crippen LogP contribution in [0, 0.1) is 12.8 Å². The van der Waals surface area contributed by atoms with E-state index in [9.17, 15) is 13.6 Å². The van der Waals surface area contributed by atoms with Crippen molar-refractivity contribution in [1.82, 2.24) is 14.8 Å². The number of thiazole rings is 1. The Kier molecular flexibility index (Phi) is 5.34. The minimum atomic E-state index is -2.81. The molecule has 0 aromatic carbocycles. The van der Waals surface area contributed by atoms with Crippen molar-refractivity contribution >= 4 is 40.0 Å². The summed E-state index contributed by atoms with van der Waals surface area (Å²) in [7, 11) is 0. The smallest absolute Gasteiger partial charge is 0.333 e. The van der Waals surface area contributed by atoms with E-state index in [4.69, 9.17) is 15.5 Å². The topological polar surface area (TPSA) is 107 Å². The lowest BCUT2D eigenvalue weighted by Crippen LogP contribution is -2.49. The number of carbonyl (C=O) groups excluding carboxylic acids is 1. The molecule has 4 heterocycles. The minimum absolute atomic E-state index is 0.0676. The molecule has 1 saturated heterocycles. The second kappa shape index (κ2) is 7.65. The van der Waals surface area contributed by atoms with Crippen LogP contribution in [0.5, 0.6) is 0 Å². The van der Waals surface area contributed by atoms with Gasteiger partial charge in [0.2, 0.25) is 0 Å². The van der Waals surface area contributed by atoms with Crippen LogP contribution in [0.15, 0.2) is 16.6 Å². The van der Waals surface area contributed by atoms with Gasteiger partial charge in [0.1, 0.15) is 16.4 Å². The normalized spacial score (nSPS) is 26.9. The number of hydrogen-bond acceptors (Lipinski definition) is 8. The third-order valence-corrected chi connectivity index (χ3v) is 7.03. The number of aliphatic imine (C=N–C) groups is 1. The van der Waals surface area contributed by atoms with Crippen LogP contribution in [0.3, 0.4) is 0 Å². The molecule has 1 fully saturated rings. The van der Waals surface area contributed by atoms with Crippen LogP contribution in [0.4, 0.5) is 14.6 Å². The standard InChI is InChI=1S/C17H20F2N6O2S2/c1-8-4-25(15(18)19)24-12(8)13(26)21-11-6-28-14(22-11)17-7-27-9(2)3-10(17)5-29-16(20)23-17/h4,6,9-10,15H,3,5,7H2,1-2H3,(H2,20,23)(H,21,26)/t9-,10-,17?/m0/s1. The molecule has 1 amide bonds. The second-order valence-electron chi connectivity index (χ2n) is 7.15. The highest BCUT2D eigenvalue weighted by atomic mass is 32.2. The molecule has 2 aromatic heterocycles. The number of anilines is 1. The zero-order valence-corrected chi connectivity index (χ0v) is 17.4. The molecule has 2 aromatic rings. The highest BCUT2D eigenvalue weighted by molar-refractivity contribution is 8.13. The average Bonchev–Trinajstić information content (AvgIpc) is 3.29. The van der Waals surface area contributed by atoms with Gasteiger partial charge in [-0.3, -0.25) is 4.79 Å². The number of nitrogens with zero attached hydrogens (tertiary/aromatic N) is 4. The molecule has 3 N–H and O–H groups in total. The Balaban J connectivity index is 1.58. The molecule has 0 aliphatic carbocycles. The largest absolute Gasteiger partial charge is 0.379 e. The van der Waals surface area contributed by atoms with E-state index >= 15 is 0 Å². The number of amidine groups is 1. The van der Waals surface area contributed by atoms with Crippen LogP contribution >= 0.6 is 23.1 Å². The second-order valence-corrected chi connectivity index (χ2v) is 9.05. The summed E-state index contributed by atoms with van der Waals surface area (Å²) in [6.45, 7) is 1.15. The number of aromatic nitrogens is 3. The number of fused-ring (bicyclic) bond motifs is 1. The predicted molar refractivity (Wildman–Crippen MR) is 108 cm³/mol. The molecule has 1 unspecified atom stereocenters. The Labute approximate surface area is 173 Å². The minimum Gasteiger partial charge on any atom is -0.379 e. The first-order chi connectivity index (χ1) is 13.8. The van der Waals surface area contributed by atoms with Gasteiger partial charge in [0.25, 0.3) is 5.91 Å². The zero-order chi connectivity index (χ0) is 20.8. The lowest BCUT2D eigenvalue weighted by molar-refractivity contribution is -0.0466. The Hall–Kier alpha value is -2.05. The van der Waals surface area contributed by atoms with Gasteiger partial charge in [0.15, 0.2) is 10.9 Å². The van der Waals surface area contributed by atoms with Crippen molar-refractivity contribution in [2.24, 2.45) is 16.6 Å². The highest BCUT2D eigenvalue weighted by Crippen LogP contribution is 2.47. The first-order valence-corrected chi connectivity index (χ1v) is 10.9. The lowest BCUT2D eigenvalue weighted by Gasteiger charge is -2.44. The van der Waals surface area contributed by atoms with E-state index in [1.807, 2.05) is 6.92 Å². The average molecular weight is 443 g/mol. The first-order valence-electron chi connectivity index (χ1n) is 8.99. The third kappa shape index (κ3) is 3.76. The van der Waals surface area contributed by atoms with Crippen molar-refractivity contribution in [1.29, 1.82) is 0 Å². The maximum Gasteiger partial charge on any atom is 0.333 e. The van der Waals surface area contributed by atoms with E-state index in [2.05, 4.69) is 15.4 Å². The fourth-order valence-corrected chi connectivity index (χ4v) is 5.56. The van der Waals surface area contributed by atoms with Crippen molar-refractivity contribution in [2.75, 3.05) is 17.7 Å². The number of thioether (sulfide) groups is 1. The summed E-state index contributed by atoms with van der Waals surface area (Å²) in [6.07, 6.45) is 2.11. The number of halogens is 2. The van der Waals surface area contributed by atoms with Crippen LogP contribution in [0.2, 0.25) is 0 Å². The Morgan fingerprint density at radius 3 is 3.03 bits per heavy atom. The predicted octanol–water partition coefficient (Wildman–Crippen LogP) is 2.98. The molecule has 2 aliphatic heterocycles. The molecule has 8 nitrogen and oxygen atoms in total. The number of rotatable bonds is 4. The molecule has 2 aliphatic rings. The molecule has 0 saturated carbocycles. The summed E-state index contributed by atoms with van der Waals surface area (Å²) < 4.78 is 31.9. The van der Waals surface area contributed by atoms with E-state index < -0.39 is 18.0 Å². The van der Waals surface area contributed by atoms with Crippen LogP contribution in [0.25, 0.3) is 0 Å². The van der Waals surface area contributed by atoms with E-state index in [1.165, 1.54) is 23.1 Å². The van der Waals surface area contributed by atoms with Gasteiger partial charge in [-0.25, -0.2) is 14.7 Å². The molecule has 12 heteroatoms. The molecule has 3 atom stereocenters. The van der Waals surface area contributed by atoms with Crippen LogP contribution < -0.4 is 11.1 Å². The molecular weight excluding hydrogens is 422 g/mol. The van der Waals surface area contributed by atoms with Gasteiger partial charge >= 0.3 is 6.55 Å². The number of nitrogens with two attached hydrogens (primary N) is 1. The highest BCUT2D eigenvalue weighted by Gasteiger charge is 2.49. The molecule has 4 rings (SSSR count). The number of alkyl halides is 2. The molecular formula is C17H20F2N6O2S2. The summed E-state index contributed by atoms with van der Waals surface area (Å²) in [5, 5.41) is 9.19. The van der Waals surface area contributed by atoms with Crippen molar-refractivity contribution in [3.63, 3.8) is 0 Å². The van der Waals surface area contributed by atoms with Crippen molar-refractivity contribution in [3.05, 3.63) is 27.8 Å². The quantitative estimate of drug-likeness (QED) is 0.754. The molecule has 156 valence electrons. The summed E-state index contributed by atoms with van der Waals surface area (Å²) in [6, 6.07) is 0. The molecule has 29 heavy (non-hydrogen) atoms. The number of aryl methyl sites for hydroxylation is 1. The van der Waals surface area contributed by atoms with Gasteiger partial charge in [-0.1, -0.05) is 11.8 Å². The third-order valence-electron chi connectivity index (χ3n) is 5.07. The monoisotopic (exact) mass is 442 g/mol. The van der Waals surface area contributed by atoms with Gasteiger partial charge in [-0.15, -0.1) is 11.3 Å². The fourth-order valence-electron chi connectivity index (χ4n) is 3.59. The Morgan fingerprint density at radius 2 is 2.31 bits per heavy atom. The fraction of sp³-hybridized carbons (Fsp3) is 0.529. The summed E-state index contributed by atoms with van der Waals surface area (Å²) in [5.74, 6) is 0.777. The Bertz CT molecular complexity index is 962. The maximum atomic E-state index is 12.8. The van der Waals surface area contributed by atoms with E-state index in [0.29, 0.717) is 32.8 Å². The number of amides is 1. The van der Waals surface area contributed by atoms with E-state index in [0.717, 1.165) is 18.4 Å². The number of nitrogens with one attached hydrogen (secondary N) is 1. The summed E-state index contributed by atoms with van der Waals surface area (Å²) in [4.78, 5) is 21.7. The van der Waals surface area contributed by atoms with Crippen molar-refractivity contribution in [3.8, 4) is 0 Å².